The lowest BCUT2D eigenvalue weighted by atomic mass is 10.2. The van der Waals surface area contributed by atoms with Gasteiger partial charge in [0, 0.05) is 11.3 Å². The minimum Gasteiger partial charge on any atom is -0.322 e. The van der Waals surface area contributed by atoms with Gasteiger partial charge in [-0.25, -0.2) is 8.78 Å². The van der Waals surface area contributed by atoms with Crippen molar-refractivity contribution >= 4 is 11.6 Å². The summed E-state index contributed by atoms with van der Waals surface area (Å²) in [5.74, 6) is -1.29. The number of amides is 1. The van der Waals surface area contributed by atoms with E-state index in [1.165, 1.54) is 42.5 Å². The lowest BCUT2D eigenvalue weighted by Crippen LogP contribution is -2.11. The first-order valence-corrected chi connectivity index (χ1v) is 4.97. The number of carbonyl (C=O) groups excluding carboxylic acids is 1. The highest BCUT2D eigenvalue weighted by molar-refractivity contribution is 6.04. The van der Waals surface area contributed by atoms with Gasteiger partial charge in [0.25, 0.3) is 5.91 Å². The molecule has 0 aliphatic heterocycles. The fraction of sp³-hybridized carbons (Fsp3) is 0. The van der Waals surface area contributed by atoms with Crippen LogP contribution >= 0.6 is 0 Å². The van der Waals surface area contributed by atoms with Crippen molar-refractivity contribution in [3.05, 3.63) is 65.7 Å². The van der Waals surface area contributed by atoms with Crippen molar-refractivity contribution in [2.45, 2.75) is 0 Å². The van der Waals surface area contributed by atoms with Gasteiger partial charge in [-0.1, -0.05) is 6.07 Å². The van der Waals surface area contributed by atoms with Gasteiger partial charge < -0.3 is 5.32 Å². The summed E-state index contributed by atoms with van der Waals surface area (Å²) in [7, 11) is 0. The highest BCUT2D eigenvalue weighted by atomic mass is 19.1. The van der Waals surface area contributed by atoms with Crippen LogP contribution in [0.2, 0.25) is 0 Å². The van der Waals surface area contributed by atoms with Crippen molar-refractivity contribution < 1.29 is 13.6 Å². The van der Waals surface area contributed by atoms with Crippen molar-refractivity contribution in [2.24, 2.45) is 0 Å². The molecular weight excluding hydrogens is 224 g/mol. The average Bonchev–Trinajstić information content (AvgIpc) is 2.32. The number of benzene rings is 2. The predicted octanol–water partition coefficient (Wildman–Crippen LogP) is 3.22. The highest BCUT2D eigenvalue weighted by Crippen LogP contribution is 2.11. The summed E-state index contributed by atoms with van der Waals surface area (Å²) in [6.07, 6.45) is 0. The second kappa shape index (κ2) is 4.74. The second-order valence-corrected chi connectivity index (χ2v) is 3.47. The number of nitrogens with one attached hydrogen (secondary N) is 1. The molecule has 0 aliphatic carbocycles. The second-order valence-electron chi connectivity index (χ2n) is 3.47. The van der Waals surface area contributed by atoms with Crippen LogP contribution < -0.4 is 5.32 Å². The Hall–Kier alpha value is -2.23. The maximum atomic E-state index is 12.9. The Morgan fingerprint density at radius 1 is 0.941 bits per heavy atom. The Bertz CT molecular complexity index is 537. The maximum Gasteiger partial charge on any atom is 0.255 e. The van der Waals surface area contributed by atoms with Gasteiger partial charge in [0.1, 0.15) is 11.6 Å². The number of rotatable bonds is 2. The number of halogens is 2. The molecule has 0 unspecified atom stereocenters. The average molecular weight is 233 g/mol. The van der Waals surface area contributed by atoms with Crippen LogP contribution in [0.25, 0.3) is 0 Å². The zero-order chi connectivity index (χ0) is 12.3. The summed E-state index contributed by atoms with van der Waals surface area (Å²) >= 11 is 0. The lowest BCUT2D eigenvalue weighted by molar-refractivity contribution is 0.102. The molecule has 17 heavy (non-hydrogen) atoms. The van der Waals surface area contributed by atoms with Gasteiger partial charge in [-0.15, -0.1) is 0 Å². The van der Waals surface area contributed by atoms with E-state index in [-0.39, 0.29) is 11.4 Å². The van der Waals surface area contributed by atoms with E-state index in [1.54, 1.807) is 0 Å². The van der Waals surface area contributed by atoms with Gasteiger partial charge in [0.15, 0.2) is 0 Å². The predicted molar refractivity (Wildman–Crippen MR) is 60.8 cm³/mol. The number of anilines is 1. The van der Waals surface area contributed by atoms with Crippen LogP contribution in [0.3, 0.4) is 0 Å². The Labute approximate surface area is 96.9 Å². The standard InChI is InChI=1S/C13H9F2NO/c14-10-4-6-12(7-5-10)16-13(17)9-2-1-3-11(15)8-9/h1-8H,(H,16,17). The number of carbonyl (C=O) groups is 1. The third kappa shape index (κ3) is 2.87. The zero-order valence-electron chi connectivity index (χ0n) is 8.78. The summed E-state index contributed by atoms with van der Waals surface area (Å²) in [4.78, 5) is 11.7. The van der Waals surface area contributed by atoms with E-state index in [0.717, 1.165) is 6.07 Å². The molecule has 2 aromatic carbocycles. The van der Waals surface area contributed by atoms with Crippen LogP contribution in [-0.2, 0) is 0 Å². The van der Waals surface area contributed by atoms with E-state index in [1.807, 2.05) is 0 Å². The summed E-state index contributed by atoms with van der Waals surface area (Å²) in [5.41, 5.74) is 0.676. The number of hydrogen-bond donors (Lipinski definition) is 1. The minimum atomic E-state index is -0.475. The lowest BCUT2D eigenvalue weighted by Gasteiger charge is -2.04. The molecule has 0 radical (unpaired) electrons. The van der Waals surface area contributed by atoms with Crippen LogP contribution in [0.4, 0.5) is 14.5 Å². The van der Waals surface area contributed by atoms with Gasteiger partial charge in [0.2, 0.25) is 0 Å². The Morgan fingerprint density at radius 2 is 1.65 bits per heavy atom. The third-order valence-corrected chi connectivity index (χ3v) is 2.19. The van der Waals surface area contributed by atoms with Gasteiger partial charge in [-0.2, -0.15) is 0 Å². The quantitative estimate of drug-likeness (QED) is 0.847. The maximum absolute atomic E-state index is 12.9. The summed E-state index contributed by atoms with van der Waals surface area (Å²) in [6.45, 7) is 0. The van der Waals surface area contributed by atoms with Gasteiger partial charge in [-0.05, 0) is 42.5 Å². The van der Waals surface area contributed by atoms with E-state index in [0.29, 0.717) is 5.69 Å². The SMILES string of the molecule is O=C(Nc1ccc(F)cc1)c1cccc(F)c1. The van der Waals surface area contributed by atoms with E-state index in [9.17, 15) is 13.6 Å². The van der Waals surface area contributed by atoms with Crippen LogP contribution in [-0.4, -0.2) is 5.91 Å². The van der Waals surface area contributed by atoms with Crippen LogP contribution in [0.15, 0.2) is 48.5 Å². The fourth-order valence-electron chi connectivity index (χ4n) is 1.37. The molecule has 0 aromatic heterocycles. The summed E-state index contributed by atoms with van der Waals surface area (Å²) in [5, 5.41) is 2.54. The van der Waals surface area contributed by atoms with Crippen molar-refractivity contribution in [3.8, 4) is 0 Å². The van der Waals surface area contributed by atoms with Crippen LogP contribution in [0.5, 0.6) is 0 Å². The van der Waals surface area contributed by atoms with E-state index >= 15 is 0 Å². The molecule has 0 spiro atoms. The first kappa shape index (κ1) is 11.3. The van der Waals surface area contributed by atoms with Crippen LogP contribution in [0.1, 0.15) is 10.4 Å². The summed E-state index contributed by atoms with van der Waals surface area (Å²) < 4.78 is 25.5. The molecule has 0 fully saturated rings. The minimum absolute atomic E-state index is 0.217. The Balaban J connectivity index is 2.14. The van der Waals surface area contributed by atoms with Gasteiger partial charge in [-0.3, -0.25) is 4.79 Å². The molecule has 0 aliphatic rings. The van der Waals surface area contributed by atoms with E-state index in [2.05, 4.69) is 5.32 Å². The third-order valence-electron chi connectivity index (χ3n) is 2.19. The largest absolute Gasteiger partial charge is 0.322 e. The molecule has 4 heteroatoms. The molecule has 0 saturated carbocycles. The summed E-state index contributed by atoms with van der Waals surface area (Å²) in [6, 6.07) is 10.7. The van der Waals surface area contributed by atoms with Crippen LogP contribution in [0, 0.1) is 11.6 Å². The smallest absolute Gasteiger partial charge is 0.255 e. The molecule has 0 saturated heterocycles. The molecule has 2 rings (SSSR count). The van der Waals surface area contributed by atoms with E-state index in [4.69, 9.17) is 0 Å². The van der Waals surface area contributed by atoms with Crippen molar-refractivity contribution in [1.82, 2.24) is 0 Å². The molecule has 1 amide bonds. The topological polar surface area (TPSA) is 29.1 Å². The van der Waals surface area contributed by atoms with Gasteiger partial charge >= 0.3 is 0 Å². The molecular formula is C13H9F2NO. The fourth-order valence-corrected chi connectivity index (χ4v) is 1.37. The molecule has 1 N–H and O–H groups in total. The first-order chi connectivity index (χ1) is 8.15. The molecule has 0 atom stereocenters. The number of hydrogen-bond acceptors (Lipinski definition) is 1. The van der Waals surface area contributed by atoms with Crippen molar-refractivity contribution in [1.29, 1.82) is 0 Å². The van der Waals surface area contributed by atoms with Gasteiger partial charge in [0.05, 0.1) is 0 Å². The first-order valence-electron chi connectivity index (χ1n) is 4.97. The van der Waals surface area contributed by atoms with E-state index < -0.39 is 11.7 Å². The Morgan fingerprint density at radius 3 is 2.29 bits per heavy atom. The normalized spacial score (nSPS) is 10.0. The van der Waals surface area contributed by atoms with Crippen molar-refractivity contribution in [2.75, 3.05) is 5.32 Å². The monoisotopic (exact) mass is 233 g/mol. The molecule has 86 valence electrons. The molecule has 2 nitrogen and oxygen atoms in total. The molecule has 2 aromatic rings. The molecule has 0 bridgehead atoms. The Kier molecular flexibility index (Phi) is 3.14. The highest BCUT2D eigenvalue weighted by Gasteiger charge is 2.06. The molecule has 0 heterocycles. The van der Waals surface area contributed by atoms with Crippen molar-refractivity contribution in [3.63, 3.8) is 0 Å². The zero-order valence-corrected chi connectivity index (χ0v) is 8.78.